The Labute approximate surface area is 196 Å². The first-order valence-corrected chi connectivity index (χ1v) is 11.4. The van der Waals surface area contributed by atoms with Gasteiger partial charge in [-0.15, -0.1) is 0 Å². The van der Waals surface area contributed by atoms with Gasteiger partial charge >= 0.3 is 0 Å². The van der Waals surface area contributed by atoms with Crippen molar-refractivity contribution in [1.29, 1.82) is 0 Å². The Morgan fingerprint density at radius 1 is 0.970 bits per heavy atom. The molecule has 4 rings (SSSR count). The number of carbonyl (C=O) groups excluding carboxylic acids is 2. The van der Waals surface area contributed by atoms with E-state index in [1.807, 2.05) is 42.5 Å². The lowest BCUT2D eigenvalue weighted by atomic mass is 10.0. The van der Waals surface area contributed by atoms with Crippen molar-refractivity contribution in [2.75, 3.05) is 19.4 Å². The van der Waals surface area contributed by atoms with Gasteiger partial charge in [0.25, 0.3) is 5.24 Å². The molecule has 0 atom stereocenters. The van der Waals surface area contributed by atoms with E-state index in [4.69, 9.17) is 0 Å². The lowest BCUT2D eigenvalue weighted by Gasteiger charge is -2.13. The summed E-state index contributed by atoms with van der Waals surface area (Å²) in [6.45, 7) is 0. The van der Waals surface area contributed by atoms with Crippen molar-refractivity contribution in [2.24, 2.45) is 0 Å². The number of anilines is 1. The highest BCUT2D eigenvalue weighted by atomic mass is 32.2. The minimum Gasteiger partial charge on any atom is -0.354 e. The number of aromatic nitrogens is 1. The molecule has 0 unspecified atom stereocenters. The number of H-pyrrole nitrogens is 1. The standard InChI is InChI=1S/C26H24FN3O2S/c1-30(2)26(32)33-23-10-6-5-9-22(23)28-24(31)16-15-20-19-7-3-4-8-21(19)29-25(20)17-11-13-18(27)14-12-17/h3-14,29H,15-16H2,1-2H3,(H,28,31). The van der Waals surface area contributed by atoms with Crippen molar-refractivity contribution < 1.29 is 14.0 Å². The zero-order valence-electron chi connectivity index (χ0n) is 18.4. The summed E-state index contributed by atoms with van der Waals surface area (Å²) in [4.78, 5) is 30.5. The molecule has 0 radical (unpaired) electrons. The Morgan fingerprint density at radius 3 is 2.42 bits per heavy atom. The fourth-order valence-electron chi connectivity index (χ4n) is 3.62. The van der Waals surface area contributed by atoms with Crippen LogP contribution in [0.3, 0.4) is 0 Å². The second kappa shape index (κ2) is 9.92. The van der Waals surface area contributed by atoms with Gasteiger partial charge in [0.15, 0.2) is 0 Å². The molecule has 2 N–H and O–H groups in total. The van der Waals surface area contributed by atoms with Crippen LogP contribution in [0, 0.1) is 5.82 Å². The van der Waals surface area contributed by atoms with E-state index in [0.29, 0.717) is 17.0 Å². The number of benzene rings is 3. The van der Waals surface area contributed by atoms with Crippen LogP contribution in [-0.4, -0.2) is 35.1 Å². The number of aromatic amines is 1. The van der Waals surface area contributed by atoms with Gasteiger partial charge in [-0.3, -0.25) is 9.59 Å². The van der Waals surface area contributed by atoms with E-state index in [9.17, 15) is 14.0 Å². The first-order valence-electron chi connectivity index (χ1n) is 10.6. The smallest absolute Gasteiger partial charge is 0.286 e. The van der Waals surface area contributed by atoms with E-state index < -0.39 is 0 Å². The fraction of sp³-hybridized carbons (Fsp3) is 0.154. The van der Waals surface area contributed by atoms with Crippen LogP contribution >= 0.6 is 11.8 Å². The molecule has 2 amide bonds. The van der Waals surface area contributed by atoms with Crippen LogP contribution in [0.5, 0.6) is 0 Å². The molecule has 0 bridgehead atoms. The molecule has 0 aliphatic rings. The van der Waals surface area contributed by atoms with Gasteiger partial charge < -0.3 is 15.2 Å². The molecule has 5 nitrogen and oxygen atoms in total. The van der Waals surface area contributed by atoms with Crippen molar-refractivity contribution in [3.8, 4) is 11.3 Å². The highest BCUT2D eigenvalue weighted by molar-refractivity contribution is 8.13. The SMILES string of the molecule is CN(C)C(=O)Sc1ccccc1NC(=O)CCc1c(-c2ccc(F)cc2)[nH]c2ccccc12. The third-order valence-electron chi connectivity index (χ3n) is 5.27. The molecule has 0 aliphatic carbocycles. The summed E-state index contributed by atoms with van der Waals surface area (Å²) in [7, 11) is 3.38. The van der Waals surface area contributed by atoms with Crippen LogP contribution in [-0.2, 0) is 11.2 Å². The predicted octanol–water partition coefficient (Wildman–Crippen LogP) is 6.32. The average molecular weight is 462 g/mol. The van der Waals surface area contributed by atoms with Gasteiger partial charge in [0.05, 0.1) is 5.69 Å². The molecule has 0 aliphatic heterocycles. The molecule has 0 fully saturated rings. The Hall–Kier alpha value is -3.58. The molecular formula is C26H24FN3O2S. The maximum atomic E-state index is 13.4. The molecule has 0 saturated heterocycles. The van der Waals surface area contributed by atoms with Crippen molar-refractivity contribution >= 4 is 39.5 Å². The van der Waals surface area contributed by atoms with Gasteiger partial charge in [0, 0.05) is 42.0 Å². The van der Waals surface area contributed by atoms with E-state index in [2.05, 4.69) is 10.3 Å². The van der Waals surface area contributed by atoms with E-state index in [0.717, 1.165) is 39.5 Å². The number of rotatable bonds is 6. The van der Waals surface area contributed by atoms with Crippen LogP contribution in [0.1, 0.15) is 12.0 Å². The lowest BCUT2D eigenvalue weighted by molar-refractivity contribution is -0.116. The van der Waals surface area contributed by atoms with Crippen LogP contribution in [0.25, 0.3) is 22.2 Å². The number of fused-ring (bicyclic) bond motifs is 1. The third kappa shape index (κ3) is 5.26. The first kappa shape index (κ1) is 22.6. The molecule has 33 heavy (non-hydrogen) atoms. The van der Waals surface area contributed by atoms with E-state index in [-0.39, 0.29) is 23.4 Å². The summed E-state index contributed by atoms with van der Waals surface area (Å²) in [5.74, 6) is -0.434. The topological polar surface area (TPSA) is 65.2 Å². The Balaban J connectivity index is 1.54. The summed E-state index contributed by atoms with van der Waals surface area (Å²) in [5, 5.41) is 3.87. The van der Waals surface area contributed by atoms with Crippen LogP contribution in [0.4, 0.5) is 14.9 Å². The maximum absolute atomic E-state index is 13.4. The van der Waals surface area contributed by atoms with Crippen LogP contribution in [0.15, 0.2) is 77.7 Å². The molecule has 0 spiro atoms. The van der Waals surface area contributed by atoms with Gasteiger partial charge in [-0.25, -0.2) is 4.39 Å². The second-order valence-electron chi connectivity index (χ2n) is 7.84. The van der Waals surface area contributed by atoms with Gasteiger partial charge in [-0.1, -0.05) is 30.3 Å². The molecular weight excluding hydrogens is 437 g/mol. The summed E-state index contributed by atoms with van der Waals surface area (Å²) < 4.78 is 13.4. The summed E-state index contributed by atoms with van der Waals surface area (Å²) in [6.07, 6.45) is 0.769. The molecule has 4 aromatic rings. The van der Waals surface area contributed by atoms with E-state index >= 15 is 0 Å². The van der Waals surface area contributed by atoms with Gasteiger partial charge in [-0.2, -0.15) is 0 Å². The second-order valence-corrected chi connectivity index (χ2v) is 8.83. The zero-order valence-corrected chi connectivity index (χ0v) is 19.2. The van der Waals surface area contributed by atoms with Crippen LogP contribution in [0.2, 0.25) is 0 Å². The van der Waals surface area contributed by atoms with Gasteiger partial charge in [0.1, 0.15) is 5.82 Å². The first-order chi connectivity index (χ1) is 15.9. The minimum absolute atomic E-state index is 0.112. The summed E-state index contributed by atoms with van der Waals surface area (Å²) in [6, 6.07) is 21.5. The molecule has 1 aromatic heterocycles. The number of para-hydroxylation sites is 2. The number of nitrogens with zero attached hydrogens (tertiary/aromatic N) is 1. The molecule has 168 valence electrons. The molecule has 1 heterocycles. The third-order valence-corrected chi connectivity index (χ3v) is 6.39. The summed E-state index contributed by atoms with van der Waals surface area (Å²) >= 11 is 1.08. The highest BCUT2D eigenvalue weighted by Gasteiger charge is 2.16. The normalized spacial score (nSPS) is 10.9. The quantitative estimate of drug-likeness (QED) is 0.330. The largest absolute Gasteiger partial charge is 0.354 e. The number of hydrogen-bond acceptors (Lipinski definition) is 3. The molecule has 0 saturated carbocycles. The number of nitrogens with one attached hydrogen (secondary N) is 2. The van der Waals surface area contributed by atoms with Crippen molar-refractivity contribution in [3.05, 3.63) is 84.2 Å². The monoisotopic (exact) mass is 461 g/mol. The highest BCUT2D eigenvalue weighted by Crippen LogP contribution is 2.32. The van der Waals surface area contributed by atoms with Crippen molar-refractivity contribution in [1.82, 2.24) is 9.88 Å². The maximum Gasteiger partial charge on any atom is 0.286 e. The Morgan fingerprint density at radius 2 is 1.67 bits per heavy atom. The van der Waals surface area contributed by atoms with Gasteiger partial charge in [-0.05, 0) is 71.8 Å². The number of thioether (sulfide) groups is 1. The van der Waals surface area contributed by atoms with Gasteiger partial charge in [0.2, 0.25) is 5.91 Å². The number of carbonyl (C=O) groups is 2. The number of aryl methyl sites for hydroxylation is 1. The Kier molecular flexibility index (Phi) is 6.79. The average Bonchev–Trinajstić information content (AvgIpc) is 3.18. The fourth-order valence-corrected chi connectivity index (χ4v) is 4.36. The molecule has 7 heteroatoms. The lowest BCUT2D eigenvalue weighted by Crippen LogP contribution is -2.17. The molecule has 3 aromatic carbocycles. The van der Waals surface area contributed by atoms with Crippen LogP contribution < -0.4 is 5.32 Å². The predicted molar refractivity (Wildman–Crippen MR) is 132 cm³/mol. The van der Waals surface area contributed by atoms with Crippen molar-refractivity contribution in [3.63, 3.8) is 0 Å². The van der Waals surface area contributed by atoms with E-state index in [1.165, 1.54) is 17.0 Å². The Bertz CT molecular complexity index is 1300. The van der Waals surface area contributed by atoms with Crippen molar-refractivity contribution in [2.45, 2.75) is 17.7 Å². The zero-order chi connectivity index (χ0) is 23.4. The number of halogens is 1. The number of amides is 2. The summed E-state index contributed by atoms with van der Waals surface area (Å²) in [5.41, 5.74) is 4.35. The number of hydrogen-bond donors (Lipinski definition) is 2. The van der Waals surface area contributed by atoms with E-state index in [1.54, 1.807) is 32.3 Å². The minimum atomic E-state index is -0.292.